The smallest absolute Gasteiger partial charge is 0.128 e. The average molecular weight is 226 g/mol. The van der Waals surface area contributed by atoms with Crippen molar-refractivity contribution in [2.45, 2.75) is 12.6 Å². The van der Waals surface area contributed by atoms with E-state index in [1.165, 1.54) is 6.07 Å². The third-order valence-electron chi connectivity index (χ3n) is 2.35. The maximum absolute atomic E-state index is 13.7. The minimum absolute atomic E-state index is 0.263. The van der Waals surface area contributed by atoms with Crippen LogP contribution in [0.5, 0.6) is 0 Å². The van der Waals surface area contributed by atoms with Gasteiger partial charge >= 0.3 is 0 Å². The van der Waals surface area contributed by atoms with Crippen LogP contribution in [0.15, 0.2) is 18.2 Å². The van der Waals surface area contributed by atoms with E-state index in [9.17, 15) is 9.50 Å². The van der Waals surface area contributed by atoms with Crippen LogP contribution >= 0.6 is 0 Å². The molecule has 1 atom stereocenters. The molecule has 0 aliphatic rings. The molecule has 0 heterocycles. The highest BCUT2D eigenvalue weighted by Crippen LogP contribution is 2.17. The average Bonchev–Trinajstić information content (AvgIpc) is 2.20. The van der Waals surface area contributed by atoms with Crippen LogP contribution in [-0.2, 0) is 6.54 Å². The lowest BCUT2D eigenvalue weighted by atomic mass is 10.1. The summed E-state index contributed by atoms with van der Waals surface area (Å²) in [6, 6.07) is 4.90. The van der Waals surface area contributed by atoms with Gasteiger partial charge in [-0.1, -0.05) is 12.1 Å². The van der Waals surface area contributed by atoms with Crippen molar-refractivity contribution in [3.05, 3.63) is 35.1 Å². The van der Waals surface area contributed by atoms with Crippen molar-refractivity contribution < 1.29 is 9.50 Å². The summed E-state index contributed by atoms with van der Waals surface area (Å²) in [5.41, 5.74) is 1.25. The lowest BCUT2D eigenvalue weighted by Gasteiger charge is -2.14. The van der Waals surface area contributed by atoms with Gasteiger partial charge in [-0.15, -0.1) is 0 Å². The van der Waals surface area contributed by atoms with Crippen LogP contribution in [0.4, 0.5) is 4.39 Å². The fourth-order valence-electron chi connectivity index (χ4n) is 1.55. The van der Waals surface area contributed by atoms with Gasteiger partial charge in [-0.3, -0.25) is 0 Å². The Hall–Kier alpha value is -0.970. The number of nitrogens with zero attached hydrogens (tertiary/aromatic N) is 1. The number of hydrogen-bond acceptors (Lipinski definition) is 3. The molecule has 1 unspecified atom stereocenters. The number of likely N-dealkylation sites (N-methyl/N-ethyl adjacent to an activating group) is 1. The zero-order chi connectivity index (χ0) is 12.1. The SMILES string of the molecule is CNCC(O)c1ccc(CN(C)C)c(F)c1. The topological polar surface area (TPSA) is 35.5 Å². The molecule has 0 bridgehead atoms. The van der Waals surface area contributed by atoms with Gasteiger partial charge in [0, 0.05) is 18.7 Å². The summed E-state index contributed by atoms with van der Waals surface area (Å²) in [6.07, 6.45) is -0.659. The maximum Gasteiger partial charge on any atom is 0.128 e. The first-order valence-electron chi connectivity index (χ1n) is 5.30. The van der Waals surface area contributed by atoms with Crippen LogP contribution in [0, 0.1) is 5.82 Å². The standard InChI is InChI=1S/C12H19FN2O/c1-14-7-12(16)9-4-5-10(8-15(2)3)11(13)6-9/h4-6,12,14,16H,7-8H2,1-3H3. The van der Waals surface area contributed by atoms with E-state index in [1.54, 1.807) is 19.2 Å². The molecule has 4 heteroatoms. The van der Waals surface area contributed by atoms with E-state index >= 15 is 0 Å². The second kappa shape index (κ2) is 5.94. The number of hydrogen-bond donors (Lipinski definition) is 2. The van der Waals surface area contributed by atoms with Crippen molar-refractivity contribution in [2.75, 3.05) is 27.7 Å². The Morgan fingerprint density at radius 2 is 2.12 bits per heavy atom. The third kappa shape index (κ3) is 3.56. The summed E-state index contributed by atoms with van der Waals surface area (Å²) in [4.78, 5) is 1.90. The van der Waals surface area contributed by atoms with E-state index in [0.29, 0.717) is 24.2 Å². The number of aliphatic hydroxyl groups is 1. The predicted octanol–water partition coefficient (Wildman–Crippen LogP) is 1.14. The lowest BCUT2D eigenvalue weighted by molar-refractivity contribution is 0.177. The zero-order valence-electron chi connectivity index (χ0n) is 10.00. The van der Waals surface area contributed by atoms with Gasteiger partial charge in [-0.05, 0) is 32.8 Å². The molecule has 1 rings (SSSR count). The first-order chi connectivity index (χ1) is 7.54. The van der Waals surface area contributed by atoms with E-state index in [4.69, 9.17) is 0 Å². The van der Waals surface area contributed by atoms with Crippen LogP contribution in [0.2, 0.25) is 0 Å². The highest BCUT2D eigenvalue weighted by Gasteiger charge is 2.10. The van der Waals surface area contributed by atoms with Crippen LogP contribution in [0.1, 0.15) is 17.2 Å². The molecule has 0 saturated carbocycles. The summed E-state index contributed by atoms with van der Waals surface area (Å²) in [7, 11) is 5.53. The molecular weight excluding hydrogens is 207 g/mol. The fraction of sp³-hybridized carbons (Fsp3) is 0.500. The molecule has 0 aliphatic heterocycles. The van der Waals surface area contributed by atoms with Gasteiger partial charge in [-0.2, -0.15) is 0 Å². The van der Waals surface area contributed by atoms with Gasteiger partial charge in [0.25, 0.3) is 0 Å². The molecule has 0 aliphatic carbocycles. The molecule has 0 fully saturated rings. The molecule has 2 N–H and O–H groups in total. The van der Waals surface area contributed by atoms with E-state index < -0.39 is 6.10 Å². The van der Waals surface area contributed by atoms with Crippen LogP contribution in [0.25, 0.3) is 0 Å². The van der Waals surface area contributed by atoms with Gasteiger partial charge in [0.1, 0.15) is 5.82 Å². The van der Waals surface area contributed by atoms with E-state index in [0.717, 1.165) is 0 Å². The molecule has 0 saturated heterocycles. The minimum Gasteiger partial charge on any atom is -0.387 e. The Labute approximate surface area is 95.9 Å². The fourth-order valence-corrected chi connectivity index (χ4v) is 1.55. The minimum atomic E-state index is -0.659. The van der Waals surface area contributed by atoms with Gasteiger partial charge in [0.2, 0.25) is 0 Å². The second-order valence-corrected chi connectivity index (χ2v) is 4.16. The Morgan fingerprint density at radius 1 is 1.44 bits per heavy atom. The predicted molar refractivity (Wildman–Crippen MR) is 62.7 cm³/mol. The molecule has 0 radical (unpaired) electrons. The molecule has 16 heavy (non-hydrogen) atoms. The second-order valence-electron chi connectivity index (χ2n) is 4.16. The highest BCUT2D eigenvalue weighted by atomic mass is 19.1. The Balaban J connectivity index is 2.82. The van der Waals surface area contributed by atoms with Crippen molar-refractivity contribution in [1.29, 1.82) is 0 Å². The number of rotatable bonds is 5. The Bertz CT molecular complexity index is 342. The zero-order valence-corrected chi connectivity index (χ0v) is 10.00. The molecule has 0 spiro atoms. The van der Waals surface area contributed by atoms with Crippen molar-refractivity contribution in [1.82, 2.24) is 10.2 Å². The number of nitrogens with one attached hydrogen (secondary N) is 1. The van der Waals surface area contributed by atoms with Crippen LogP contribution in [-0.4, -0.2) is 37.7 Å². The summed E-state index contributed by atoms with van der Waals surface area (Å²) in [5.74, 6) is -0.263. The van der Waals surface area contributed by atoms with Crippen molar-refractivity contribution in [3.8, 4) is 0 Å². The maximum atomic E-state index is 13.7. The monoisotopic (exact) mass is 226 g/mol. The van der Waals surface area contributed by atoms with Gasteiger partial charge in [-0.25, -0.2) is 4.39 Å². The third-order valence-corrected chi connectivity index (χ3v) is 2.35. The highest BCUT2D eigenvalue weighted by molar-refractivity contribution is 5.26. The summed E-state index contributed by atoms with van der Waals surface area (Å²) in [5, 5.41) is 12.5. The molecule has 1 aromatic carbocycles. The number of benzene rings is 1. The Morgan fingerprint density at radius 3 is 2.62 bits per heavy atom. The van der Waals surface area contributed by atoms with Gasteiger partial charge < -0.3 is 15.3 Å². The quantitative estimate of drug-likeness (QED) is 0.790. The van der Waals surface area contributed by atoms with Crippen molar-refractivity contribution in [3.63, 3.8) is 0 Å². The van der Waals surface area contributed by atoms with Crippen LogP contribution in [0.3, 0.4) is 0 Å². The molecule has 90 valence electrons. The molecule has 0 aromatic heterocycles. The van der Waals surface area contributed by atoms with Gasteiger partial charge in [0.05, 0.1) is 6.10 Å². The molecule has 0 amide bonds. The molecular formula is C12H19FN2O. The lowest BCUT2D eigenvalue weighted by Crippen LogP contribution is -2.17. The van der Waals surface area contributed by atoms with Gasteiger partial charge in [0.15, 0.2) is 0 Å². The van der Waals surface area contributed by atoms with E-state index in [-0.39, 0.29) is 5.82 Å². The molecule has 1 aromatic rings. The Kier molecular flexibility index (Phi) is 4.86. The van der Waals surface area contributed by atoms with E-state index in [2.05, 4.69) is 5.32 Å². The summed E-state index contributed by atoms with van der Waals surface area (Å²) < 4.78 is 13.7. The van der Waals surface area contributed by atoms with E-state index in [1.807, 2.05) is 19.0 Å². The largest absolute Gasteiger partial charge is 0.387 e. The first-order valence-corrected chi connectivity index (χ1v) is 5.30. The number of aliphatic hydroxyl groups excluding tert-OH is 1. The van der Waals surface area contributed by atoms with Crippen LogP contribution < -0.4 is 5.32 Å². The normalized spacial score (nSPS) is 13.1. The first kappa shape index (κ1) is 13.1. The summed E-state index contributed by atoms with van der Waals surface area (Å²) in [6.45, 7) is 0.987. The van der Waals surface area contributed by atoms with Crippen molar-refractivity contribution >= 4 is 0 Å². The van der Waals surface area contributed by atoms with Crippen molar-refractivity contribution in [2.24, 2.45) is 0 Å². The molecule has 3 nitrogen and oxygen atoms in total. The summed E-state index contributed by atoms with van der Waals surface area (Å²) >= 11 is 0. The number of halogens is 1.